The molecule has 2 aromatic rings. The van der Waals surface area contributed by atoms with Gasteiger partial charge < -0.3 is 10.6 Å². The fourth-order valence-electron chi connectivity index (χ4n) is 2.38. The molecule has 0 spiro atoms. The summed E-state index contributed by atoms with van der Waals surface area (Å²) in [4.78, 5) is 0. The van der Waals surface area contributed by atoms with Gasteiger partial charge in [-0.05, 0) is 44.1 Å². The normalized spacial score (nSPS) is 16.3. The third-order valence-corrected chi connectivity index (χ3v) is 3.50. The summed E-state index contributed by atoms with van der Waals surface area (Å²) in [5.41, 5.74) is 1.25. The topological polar surface area (TPSA) is 52.7 Å². The van der Waals surface area contributed by atoms with Crippen molar-refractivity contribution in [3.05, 3.63) is 35.9 Å². The standard InChI is InChI=1S/C14H16F2N4/c15-11-2-1-9(7-12(11)16)13-8-14(20-19-13)18-10-3-5-17-6-4-10/h1-2,7-8,10,17H,3-6H2,(H2,18,19,20). The van der Waals surface area contributed by atoms with Crippen LogP contribution in [0.2, 0.25) is 0 Å². The van der Waals surface area contributed by atoms with Gasteiger partial charge in [0.25, 0.3) is 0 Å². The van der Waals surface area contributed by atoms with Gasteiger partial charge in [-0.1, -0.05) is 0 Å². The van der Waals surface area contributed by atoms with E-state index in [1.807, 2.05) is 6.07 Å². The summed E-state index contributed by atoms with van der Waals surface area (Å²) in [6.45, 7) is 2.00. The molecule has 0 amide bonds. The molecule has 3 rings (SSSR count). The number of piperidine rings is 1. The van der Waals surface area contributed by atoms with Gasteiger partial charge >= 0.3 is 0 Å². The molecule has 0 aliphatic carbocycles. The number of anilines is 1. The van der Waals surface area contributed by atoms with Gasteiger partial charge in [-0.15, -0.1) is 0 Å². The number of H-pyrrole nitrogens is 1. The summed E-state index contributed by atoms with van der Waals surface area (Å²) in [7, 11) is 0. The Morgan fingerprint density at radius 3 is 2.65 bits per heavy atom. The van der Waals surface area contributed by atoms with Crippen LogP contribution in [-0.2, 0) is 0 Å². The SMILES string of the molecule is Fc1ccc(-c2cc(NC3CCNCC3)n[nH]2)cc1F. The van der Waals surface area contributed by atoms with E-state index in [-0.39, 0.29) is 0 Å². The lowest BCUT2D eigenvalue weighted by atomic mass is 10.1. The van der Waals surface area contributed by atoms with Crippen molar-refractivity contribution >= 4 is 5.82 Å². The van der Waals surface area contributed by atoms with Crippen LogP contribution in [0.25, 0.3) is 11.3 Å². The summed E-state index contributed by atoms with van der Waals surface area (Å²) in [6.07, 6.45) is 2.10. The number of rotatable bonds is 3. The molecule has 0 saturated carbocycles. The van der Waals surface area contributed by atoms with Crippen LogP contribution in [0.3, 0.4) is 0 Å². The average Bonchev–Trinajstić information content (AvgIpc) is 2.91. The molecule has 2 heterocycles. The zero-order valence-electron chi connectivity index (χ0n) is 10.9. The van der Waals surface area contributed by atoms with Crippen molar-refractivity contribution in [3.63, 3.8) is 0 Å². The van der Waals surface area contributed by atoms with Gasteiger partial charge in [0.15, 0.2) is 11.6 Å². The van der Waals surface area contributed by atoms with E-state index in [0.29, 0.717) is 17.3 Å². The summed E-state index contributed by atoms with van der Waals surface area (Å²) in [6, 6.07) is 6.02. The Balaban J connectivity index is 1.73. The van der Waals surface area contributed by atoms with Crippen molar-refractivity contribution in [1.82, 2.24) is 15.5 Å². The van der Waals surface area contributed by atoms with Crippen LogP contribution in [0.1, 0.15) is 12.8 Å². The largest absolute Gasteiger partial charge is 0.366 e. The first-order valence-electron chi connectivity index (χ1n) is 6.70. The van der Waals surface area contributed by atoms with Crippen LogP contribution < -0.4 is 10.6 Å². The molecule has 1 aliphatic rings. The van der Waals surface area contributed by atoms with Gasteiger partial charge in [0, 0.05) is 17.7 Å². The molecule has 1 saturated heterocycles. The number of nitrogens with one attached hydrogen (secondary N) is 3. The van der Waals surface area contributed by atoms with Crippen molar-refractivity contribution in [3.8, 4) is 11.3 Å². The minimum Gasteiger partial charge on any atom is -0.366 e. The maximum atomic E-state index is 13.2. The molecule has 1 aromatic carbocycles. The Morgan fingerprint density at radius 1 is 1.10 bits per heavy atom. The molecular formula is C14H16F2N4. The van der Waals surface area contributed by atoms with E-state index in [2.05, 4.69) is 20.8 Å². The smallest absolute Gasteiger partial charge is 0.159 e. The van der Waals surface area contributed by atoms with Gasteiger partial charge in [0.05, 0.1) is 5.69 Å². The van der Waals surface area contributed by atoms with Gasteiger partial charge in [0.2, 0.25) is 0 Å². The highest BCUT2D eigenvalue weighted by Crippen LogP contribution is 2.22. The molecule has 1 aromatic heterocycles. The van der Waals surface area contributed by atoms with Crippen LogP contribution in [0.5, 0.6) is 0 Å². The van der Waals surface area contributed by atoms with Crippen molar-refractivity contribution < 1.29 is 8.78 Å². The summed E-state index contributed by atoms with van der Waals surface area (Å²) >= 11 is 0. The molecule has 0 unspecified atom stereocenters. The highest BCUT2D eigenvalue weighted by Gasteiger charge is 2.14. The van der Waals surface area contributed by atoms with E-state index in [0.717, 1.165) is 43.9 Å². The van der Waals surface area contributed by atoms with E-state index < -0.39 is 11.6 Å². The Bertz CT molecular complexity index is 591. The first kappa shape index (κ1) is 13.1. The van der Waals surface area contributed by atoms with Gasteiger partial charge in [-0.3, -0.25) is 5.10 Å². The minimum absolute atomic E-state index is 0.400. The lowest BCUT2D eigenvalue weighted by Crippen LogP contribution is -2.35. The quantitative estimate of drug-likeness (QED) is 0.808. The van der Waals surface area contributed by atoms with E-state index in [9.17, 15) is 8.78 Å². The molecule has 0 bridgehead atoms. The number of hydrogen-bond donors (Lipinski definition) is 3. The second kappa shape index (κ2) is 5.58. The predicted molar refractivity (Wildman–Crippen MR) is 73.5 cm³/mol. The number of benzene rings is 1. The highest BCUT2D eigenvalue weighted by molar-refractivity contribution is 5.62. The second-order valence-electron chi connectivity index (χ2n) is 4.96. The summed E-state index contributed by atoms with van der Waals surface area (Å²) in [5, 5.41) is 13.7. The van der Waals surface area contributed by atoms with Gasteiger partial charge in [-0.25, -0.2) is 8.78 Å². The van der Waals surface area contributed by atoms with E-state index in [1.165, 1.54) is 6.07 Å². The molecule has 20 heavy (non-hydrogen) atoms. The molecular weight excluding hydrogens is 262 g/mol. The zero-order chi connectivity index (χ0) is 13.9. The average molecular weight is 278 g/mol. The fraction of sp³-hybridized carbons (Fsp3) is 0.357. The molecule has 6 heteroatoms. The first-order valence-corrected chi connectivity index (χ1v) is 6.70. The number of hydrogen-bond acceptors (Lipinski definition) is 3. The minimum atomic E-state index is -0.857. The van der Waals surface area contributed by atoms with E-state index in [1.54, 1.807) is 0 Å². The molecule has 1 aliphatic heterocycles. The molecule has 0 radical (unpaired) electrons. The third-order valence-electron chi connectivity index (χ3n) is 3.50. The van der Waals surface area contributed by atoms with E-state index >= 15 is 0 Å². The zero-order valence-corrected chi connectivity index (χ0v) is 10.9. The highest BCUT2D eigenvalue weighted by atomic mass is 19.2. The van der Waals surface area contributed by atoms with Gasteiger partial charge in [-0.2, -0.15) is 5.10 Å². The van der Waals surface area contributed by atoms with Crippen LogP contribution in [0, 0.1) is 11.6 Å². The summed E-state index contributed by atoms with van der Waals surface area (Å²) < 4.78 is 26.1. The maximum absolute atomic E-state index is 13.2. The molecule has 3 N–H and O–H groups in total. The fourth-order valence-corrected chi connectivity index (χ4v) is 2.38. The second-order valence-corrected chi connectivity index (χ2v) is 4.96. The number of nitrogens with zero attached hydrogens (tertiary/aromatic N) is 1. The Kier molecular flexibility index (Phi) is 3.64. The third kappa shape index (κ3) is 2.80. The van der Waals surface area contributed by atoms with Crippen LogP contribution in [0.4, 0.5) is 14.6 Å². The van der Waals surface area contributed by atoms with Crippen LogP contribution in [-0.4, -0.2) is 29.3 Å². The first-order chi connectivity index (χ1) is 9.72. The number of aromatic amines is 1. The predicted octanol–water partition coefficient (Wildman–Crippen LogP) is 2.52. The van der Waals surface area contributed by atoms with Crippen molar-refractivity contribution in [1.29, 1.82) is 0 Å². The number of halogens is 2. The monoisotopic (exact) mass is 278 g/mol. The Labute approximate surface area is 115 Å². The maximum Gasteiger partial charge on any atom is 0.159 e. The lowest BCUT2D eigenvalue weighted by Gasteiger charge is -2.23. The van der Waals surface area contributed by atoms with Crippen molar-refractivity contribution in [2.75, 3.05) is 18.4 Å². The van der Waals surface area contributed by atoms with E-state index in [4.69, 9.17) is 0 Å². The molecule has 4 nitrogen and oxygen atoms in total. The lowest BCUT2D eigenvalue weighted by molar-refractivity contribution is 0.478. The van der Waals surface area contributed by atoms with Crippen molar-refractivity contribution in [2.24, 2.45) is 0 Å². The Hall–Kier alpha value is -1.95. The molecule has 106 valence electrons. The molecule has 0 atom stereocenters. The molecule has 1 fully saturated rings. The Morgan fingerprint density at radius 2 is 1.90 bits per heavy atom. The van der Waals surface area contributed by atoms with Gasteiger partial charge in [0.1, 0.15) is 5.82 Å². The number of aromatic nitrogens is 2. The van der Waals surface area contributed by atoms with Crippen LogP contribution in [0.15, 0.2) is 24.3 Å². The van der Waals surface area contributed by atoms with Crippen molar-refractivity contribution in [2.45, 2.75) is 18.9 Å². The van der Waals surface area contributed by atoms with Crippen LogP contribution >= 0.6 is 0 Å². The summed E-state index contributed by atoms with van der Waals surface area (Å²) in [5.74, 6) is -0.970.